The van der Waals surface area contributed by atoms with Crippen LogP contribution >= 0.6 is 11.8 Å². The molecule has 0 radical (unpaired) electrons. The first-order valence-electron chi connectivity index (χ1n) is 20.2. The molecule has 9 aromatic rings. The van der Waals surface area contributed by atoms with E-state index in [1.165, 1.54) is 17.1 Å². The highest BCUT2D eigenvalue weighted by Crippen LogP contribution is 2.34. The second-order valence-corrected chi connectivity index (χ2v) is 14.9. The fourth-order valence-electron chi connectivity index (χ4n) is 6.25. The third-order valence-electron chi connectivity index (χ3n) is 9.60. The fourth-order valence-corrected chi connectivity index (χ4v) is 6.61. The molecule has 0 saturated carbocycles. The van der Waals surface area contributed by atoms with E-state index >= 15 is 0 Å². The molecule has 0 unspecified atom stereocenters. The van der Waals surface area contributed by atoms with Crippen LogP contribution in [-0.2, 0) is 11.2 Å². The molecule has 0 spiro atoms. The van der Waals surface area contributed by atoms with Crippen LogP contribution in [0.25, 0.3) is 43.8 Å². The monoisotopic (exact) mass is 872 g/mol. The lowest BCUT2D eigenvalue weighted by atomic mass is 10.0. The van der Waals surface area contributed by atoms with Crippen molar-refractivity contribution in [3.05, 3.63) is 175 Å². The molecule has 0 aliphatic rings. The number of rotatable bonds is 4. The number of nitrogens with one attached hydrogen (secondary N) is 1. The number of phenols is 2. The lowest BCUT2D eigenvalue weighted by Crippen LogP contribution is -2.17. The Bertz CT molecular complexity index is 2960. The summed E-state index contributed by atoms with van der Waals surface area (Å²) >= 11 is 1.40. The number of phenolic OH excluding ortho intramolecular Hbond substituents is 2. The van der Waals surface area contributed by atoms with Crippen molar-refractivity contribution in [1.82, 2.24) is 15.5 Å². The maximum absolute atomic E-state index is 10.4. The Kier molecular flexibility index (Phi) is 17.1. The van der Waals surface area contributed by atoms with Crippen LogP contribution in [0.4, 0.5) is 28.4 Å². The van der Waals surface area contributed by atoms with Crippen LogP contribution in [-0.4, -0.2) is 38.2 Å². The van der Waals surface area contributed by atoms with E-state index in [0.717, 1.165) is 67.1 Å². The Morgan fingerprint density at radius 3 is 1.75 bits per heavy atom. The number of aromatic nitrogens is 2. The van der Waals surface area contributed by atoms with Gasteiger partial charge in [0.15, 0.2) is 5.17 Å². The van der Waals surface area contributed by atoms with Crippen molar-refractivity contribution in [2.24, 2.45) is 4.99 Å². The van der Waals surface area contributed by atoms with Crippen molar-refractivity contribution >= 4 is 84.1 Å². The highest BCUT2D eigenvalue weighted by Gasteiger charge is 2.08. The number of carbonyl (C=O) groups is 1. The molecule has 8 aromatic carbocycles. The lowest BCUT2D eigenvalue weighted by Gasteiger charge is -2.08. The molecule has 0 fully saturated rings. The van der Waals surface area contributed by atoms with Gasteiger partial charge in [0.25, 0.3) is 0 Å². The number of thioether (sulfide) groups is 1. The maximum Gasteiger partial charge on any atom is 0.247 e. The number of aliphatic imine (C=N–C) groups is 1. The zero-order chi connectivity index (χ0) is 46.0. The van der Waals surface area contributed by atoms with Crippen LogP contribution in [0.15, 0.2) is 167 Å². The van der Waals surface area contributed by atoms with E-state index in [1.807, 2.05) is 160 Å². The van der Waals surface area contributed by atoms with Gasteiger partial charge in [-0.3, -0.25) is 4.79 Å². The average molecular weight is 873 g/mol. The van der Waals surface area contributed by atoms with Gasteiger partial charge >= 0.3 is 0 Å². The van der Waals surface area contributed by atoms with Crippen LogP contribution in [0.1, 0.15) is 23.9 Å². The second kappa shape index (κ2) is 23.3. The summed E-state index contributed by atoms with van der Waals surface area (Å²) in [5.41, 5.74) is 28.5. The Hall–Kier alpha value is -8.03. The molecule has 0 bridgehead atoms. The van der Waals surface area contributed by atoms with Crippen molar-refractivity contribution in [1.29, 1.82) is 0 Å². The number of nitrogens with zero attached hydrogens (tertiary/aromatic N) is 3. The first kappa shape index (κ1) is 47.0. The highest BCUT2D eigenvalue weighted by molar-refractivity contribution is 8.13. The number of amidine groups is 1. The molecular formula is C51H52N8O4S. The minimum absolute atomic E-state index is 0.193. The van der Waals surface area contributed by atoms with Crippen molar-refractivity contribution in [3.8, 4) is 23.0 Å². The number of aryl methyl sites for hydroxylation is 3. The zero-order valence-corrected chi connectivity index (χ0v) is 36.9. The van der Waals surface area contributed by atoms with Gasteiger partial charge in [-0.15, -0.1) is 10.2 Å². The molecule has 11 N–H and O–H groups in total. The van der Waals surface area contributed by atoms with E-state index in [-0.39, 0.29) is 11.5 Å². The Labute approximate surface area is 376 Å². The molecule has 64 heavy (non-hydrogen) atoms. The van der Waals surface area contributed by atoms with E-state index in [0.29, 0.717) is 34.7 Å². The molecular weight excluding hydrogens is 821 g/mol. The number of carbonyl (C=O) groups excluding carboxylic acids is 1. The molecule has 1 heterocycles. The van der Waals surface area contributed by atoms with Crippen LogP contribution < -0.4 is 28.3 Å². The third-order valence-corrected chi connectivity index (χ3v) is 10.2. The summed E-state index contributed by atoms with van der Waals surface area (Å²) in [6.45, 7) is 5.61. The molecule has 0 aliphatic carbocycles. The number of fused-ring (bicyclic) bond motifs is 3. The molecule has 326 valence electrons. The van der Waals surface area contributed by atoms with Crippen molar-refractivity contribution in [3.63, 3.8) is 0 Å². The van der Waals surface area contributed by atoms with Gasteiger partial charge in [-0.1, -0.05) is 116 Å². The molecule has 0 saturated heterocycles. The highest BCUT2D eigenvalue weighted by atomic mass is 32.2. The summed E-state index contributed by atoms with van der Waals surface area (Å²) in [6, 6.07) is 50.3. The number of benzene rings is 8. The van der Waals surface area contributed by atoms with Gasteiger partial charge in [-0.25, -0.2) is 4.99 Å². The smallest absolute Gasteiger partial charge is 0.247 e. The summed E-state index contributed by atoms with van der Waals surface area (Å²) in [5.74, 6) is 1.51. The summed E-state index contributed by atoms with van der Waals surface area (Å²) in [5, 5.41) is 36.4. The Balaban J connectivity index is 0.000000154. The van der Waals surface area contributed by atoms with Gasteiger partial charge in [0, 0.05) is 34.6 Å². The quantitative estimate of drug-likeness (QED) is 0.0289. The van der Waals surface area contributed by atoms with E-state index in [1.54, 1.807) is 19.1 Å². The van der Waals surface area contributed by atoms with E-state index < -0.39 is 0 Å². The summed E-state index contributed by atoms with van der Waals surface area (Å²) in [4.78, 5) is 14.7. The summed E-state index contributed by atoms with van der Waals surface area (Å²) < 4.78 is 5.25. The number of nitrogens with two attached hydrogens (primary N) is 4. The Morgan fingerprint density at radius 1 is 0.656 bits per heavy atom. The molecule has 9 rings (SSSR count). The first-order chi connectivity index (χ1) is 30.9. The maximum atomic E-state index is 10.4. The van der Waals surface area contributed by atoms with Crippen LogP contribution in [0.3, 0.4) is 0 Å². The van der Waals surface area contributed by atoms with E-state index in [2.05, 4.69) is 26.6 Å². The van der Waals surface area contributed by atoms with Crippen LogP contribution in [0.5, 0.6) is 11.5 Å². The first-order valence-corrected chi connectivity index (χ1v) is 21.4. The van der Waals surface area contributed by atoms with Gasteiger partial charge in [-0.2, -0.15) is 0 Å². The standard InChI is InChI=1S/C13H12N2OS.C12H13NO.C11H11NO.C9H9N3O.C6H7N/c1-17-13(14-9-16)15-12-7-6-10-4-2-3-5-11(10)8-12;1-2-8-7-9-5-3-4-6-10(9)11(13)12(8)14;1-7-6-8-4-2-3-5-9(8)10(12)11(7)13;1-6-11-12-9(13-6)7-2-4-8(10)5-3-7;7-6-4-2-1-3-5-6/h2-9H,1H3,(H,14,15,16);3-7,14H,2,13H2,1H3;2-6,13H,12H2,1H3;2-5H,10H2,1H3;1-5H,7H2. The minimum atomic E-state index is 0.193. The predicted molar refractivity (Wildman–Crippen MR) is 268 cm³/mol. The van der Waals surface area contributed by atoms with Gasteiger partial charge in [0.2, 0.25) is 18.2 Å². The molecule has 13 heteroatoms. The molecule has 0 atom stereocenters. The number of anilines is 4. The molecule has 0 aliphatic heterocycles. The molecule has 1 amide bonds. The van der Waals surface area contributed by atoms with Gasteiger partial charge in [0.05, 0.1) is 17.1 Å². The largest absolute Gasteiger partial charge is 0.505 e. The van der Waals surface area contributed by atoms with Gasteiger partial charge in [-0.05, 0) is 113 Å². The number of hydrogen-bond acceptors (Lipinski definition) is 12. The van der Waals surface area contributed by atoms with Crippen LogP contribution in [0, 0.1) is 13.8 Å². The molecule has 12 nitrogen and oxygen atoms in total. The van der Waals surface area contributed by atoms with Crippen LogP contribution in [0.2, 0.25) is 0 Å². The number of amides is 1. The molecule has 1 aromatic heterocycles. The van der Waals surface area contributed by atoms with Crippen molar-refractivity contribution in [2.75, 3.05) is 29.2 Å². The van der Waals surface area contributed by atoms with Gasteiger partial charge in [0.1, 0.15) is 11.5 Å². The minimum Gasteiger partial charge on any atom is -0.505 e. The zero-order valence-electron chi connectivity index (χ0n) is 36.1. The fraction of sp³-hybridized carbons (Fsp3) is 0.0980. The van der Waals surface area contributed by atoms with E-state index in [9.17, 15) is 15.0 Å². The average Bonchev–Trinajstić information content (AvgIpc) is 3.76. The second-order valence-electron chi connectivity index (χ2n) is 14.1. The number of para-hydroxylation sites is 1. The number of aromatic hydroxyl groups is 2. The van der Waals surface area contributed by atoms with Gasteiger partial charge < -0.3 is 42.9 Å². The Morgan fingerprint density at radius 2 is 1.20 bits per heavy atom. The van der Waals surface area contributed by atoms with Crippen molar-refractivity contribution in [2.45, 2.75) is 27.2 Å². The van der Waals surface area contributed by atoms with E-state index in [4.69, 9.17) is 27.4 Å². The predicted octanol–water partition coefficient (Wildman–Crippen LogP) is 11.0. The number of hydrogen-bond donors (Lipinski definition) is 7. The third kappa shape index (κ3) is 13.0. The summed E-state index contributed by atoms with van der Waals surface area (Å²) in [7, 11) is 0. The lowest BCUT2D eigenvalue weighted by molar-refractivity contribution is -0.108. The van der Waals surface area contributed by atoms with Crippen molar-refractivity contribution < 1.29 is 19.4 Å². The topological polar surface area (TPSA) is 225 Å². The normalized spacial score (nSPS) is 10.5. The number of nitrogen functional groups attached to an aromatic ring is 4. The SMILES string of the molecule is CCc1cc2ccccc2c(N)c1O.CSC(=Nc1ccc2ccccc2c1)NC=O.Cc1cc2ccccc2c(N)c1O.Cc1nnc(-c2ccc(N)cc2)o1.Nc1ccccc1. The summed E-state index contributed by atoms with van der Waals surface area (Å²) in [6.07, 6.45) is 3.30.